The van der Waals surface area contributed by atoms with Crippen LogP contribution in [0.1, 0.15) is 31.9 Å². The van der Waals surface area contributed by atoms with Gasteiger partial charge >= 0.3 is 0 Å². The third-order valence-electron chi connectivity index (χ3n) is 3.91. The fourth-order valence-corrected chi connectivity index (χ4v) is 2.91. The highest BCUT2D eigenvalue weighted by Crippen LogP contribution is 2.40. The van der Waals surface area contributed by atoms with Gasteiger partial charge in [-0.2, -0.15) is 0 Å². The van der Waals surface area contributed by atoms with Crippen molar-refractivity contribution in [1.29, 1.82) is 0 Å². The molecule has 3 aromatic rings. The fourth-order valence-electron chi connectivity index (χ4n) is 2.91. The number of hydrogen-bond acceptors (Lipinski definition) is 2. The van der Waals surface area contributed by atoms with Crippen molar-refractivity contribution in [2.75, 3.05) is 0 Å². The summed E-state index contributed by atoms with van der Waals surface area (Å²) in [5.74, 6) is 0.0952. The van der Waals surface area contributed by atoms with Crippen molar-refractivity contribution < 1.29 is 5.11 Å². The molecule has 3 rings (SSSR count). The monoisotopic (exact) mass is 306 g/mol. The number of hydrogen-bond donors (Lipinski definition) is 1. The molecule has 118 valence electrons. The molecule has 2 aromatic carbocycles. The third-order valence-corrected chi connectivity index (χ3v) is 3.91. The van der Waals surface area contributed by atoms with Gasteiger partial charge in [-0.3, -0.25) is 0 Å². The predicted octanol–water partition coefficient (Wildman–Crippen LogP) is 4.85. The van der Waals surface area contributed by atoms with E-state index in [1.165, 1.54) is 0 Å². The minimum Gasteiger partial charge on any atom is -0.492 e. The lowest BCUT2D eigenvalue weighted by Gasteiger charge is -2.20. The van der Waals surface area contributed by atoms with E-state index in [9.17, 15) is 5.11 Å². The van der Waals surface area contributed by atoms with Gasteiger partial charge < -0.3 is 5.11 Å². The first kappa shape index (κ1) is 15.3. The lowest BCUT2D eigenvalue weighted by molar-refractivity contribution is 0.427. The van der Waals surface area contributed by atoms with Crippen molar-refractivity contribution in [3.05, 3.63) is 65.7 Å². The number of rotatable bonds is 2. The van der Waals surface area contributed by atoms with Crippen molar-refractivity contribution >= 4 is 0 Å². The molecule has 0 aliphatic carbocycles. The van der Waals surface area contributed by atoms with Crippen LogP contribution in [-0.2, 0) is 5.41 Å². The summed E-state index contributed by atoms with van der Waals surface area (Å²) in [6.45, 7) is 8.34. The Morgan fingerprint density at radius 2 is 1.65 bits per heavy atom. The molecule has 0 aliphatic rings. The van der Waals surface area contributed by atoms with Gasteiger partial charge in [0, 0.05) is 11.1 Å². The number of benzene rings is 2. The Kier molecular flexibility index (Phi) is 3.72. The Labute approximate surface area is 137 Å². The van der Waals surface area contributed by atoms with Gasteiger partial charge in [0.25, 0.3) is 0 Å². The molecule has 0 unspecified atom stereocenters. The van der Waals surface area contributed by atoms with Crippen LogP contribution in [-0.4, -0.2) is 14.9 Å². The van der Waals surface area contributed by atoms with Crippen LogP contribution < -0.4 is 0 Å². The molecule has 0 amide bonds. The molecule has 0 spiro atoms. The summed E-state index contributed by atoms with van der Waals surface area (Å²) in [6, 6.07) is 18.3. The first-order valence-corrected chi connectivity index (χ1v) is 7.83. The van der Waals surface area contributed by atoms with E-state index in [4.69, 9.17) is 0 Å². The molecule has 1 N–H and O–H groups in total. The highest BCUT2D eigenvalue weighted by atomic mass is 16.3. The molecule has 0 aliphatic heterocycles. The summed E-state index contributed by atoms with van der Waals surface area (Å²) in [5.41, 5.74) is 4.76. The maximum atomic E-state index is 10.5. The van der Waals surface area contributed by atoms with Gasteiger partial charge in [-0.15, -0.1) is 5.10 Å². The van der Waals surface area contributed by atoms with Crippen molar-refractivity contribution in [3.63, 3.8) is 0 Å². The molecule has 0 bridgehead atoms. The smallest absolute Gasteiger partial charge is 0.235 e. The van der Waals surface area contributed by atoms with E-state index in [2.05, 4.69) is 57.1 Å². The van der Waals surface area contributed by atoms with E-state index in [0.717, 1.165) is 28.1 Å². The summed E-state index contributed by atoms with van der Waals surface area (Å²) in [7, 11) is 0. The second-order valence-electron chi connectivity index (χ2n) is 6.91. The van der Waals surface area contributed by atoms with Gasteiger partial charge in [0.2, 0.25) is 5.88 Å². The summed E-state index contributed by atoms with van der Waals surface area (Å²) in [5, 5.41) is 14.9. The Morgan fingerprint density at radius 3 is 2.26 bits per heavy atom. The molecular weight excluding hydrogens is 284 g/mol. The van der Waals surface area contributed by atoms with Crippen LogP contribution in [0, 0.1) is 6.92 Å². The minimum atomic E-state index is -0.211. The van der Waals surface area contributed by atoms with E-state index >= 15 is 0 Å². The highest BCUT2D eigenvalue weighted by Gasteiger charge is 2.29. The zero-order chi connectivity index (χ0) is 16.6. The Hall–Kier alpha value is -2.55. The van der Waals surface area contributed by atoms with E-state index in [0.29, 0.717) is 0 Å². The summed E-state index contributed by atoms with van der Waals surface area (Å²) in [4.78, 5) is 0. The Balaban J connectivity index is 2.33. The largest absolute Gasteiger partial charge is 0.492 e. The van der Waals surface area contributed by atoms with E-state index < -0.39 is 0 Å². The van der Waals surface area contributed by atoms with Crippen LogP contribution in [0.15, 0.2) is 54.6 Å². The first-order valence-electron chi connectivity index (χ1n) is 7.83. The molecule has 23 heavy (non-hydrogen) atoms. The summed E-state index contributed by atoms with van der Waals surface area (Å²) >= 11 is 0. The summed E-state index contributed by atoms with van der Waals surface area (Å²) in [6.07, 6.45) is 0. The molecule has 0 radical (unpaired) electrons. The van der Waals surface area contributed by atoms with Crippen LogP contribution in [0.4, 0.5) is 0 Å². The van der Waals surface area contributed by atoms with E-state index in [1.54, 1.807) is 0 Å². The molecule has 0 fully saturated rings. The van der Waals surface area contributed by atoms with Crippen LogP contribution in [0.5, 0.6) is 5.88 Å². The minimum absolute atomic E-state index is 0.0952. The molecule has 1 heterocycles. The van der Waals surface area contributed by atoms with Crippen molar-refractivity contribution in [2.24, 2.45) is 0 Å². The quantitative estimate of drug-likeness (QED) is 0.735. The maximum Gasteiger partial charge on any atom is 0.235 e. The number of nitrogens with zero attached hydrogens (tertiary/aromatic N) is 2. The van der Waals surface area contributed by atoms with Crippen molar-refractivity contribution in [1.82, 2.24) is 9.78 Å². The number of aromatic hydroxyl groups is 1. The molecule has 3 heteroatoms. The first-order chi connectivity index (χ1) is 10.9. The zero-order valence-corrected chi connectivity index (χ0v) is 14.0. The molecule has 0 atom stereocenters. The fraction of sp³-hybridized carbons (Fsp3) is 0.250. The third kappa shape index (κ3) is 2.87. The molecular formula is C20H22N2O. The molecule has 0 saturated heterocycles. The SMILES string of the molecule is Cc1cccc(-n2nc(O)c(C(C)(C)C)c2-c2ccccc2)c1. The van der Waals surface area contributed by atoms with Gasteiger partial charge in [-0.25, -0.2) is 4.68 Å². The van der Waals surface area contributed by atoms with Gasteiger partial charge in [0.1, 0.15) is 0 Å². The second-order valence-corrected chi connectivity index (χ2v) is 6.91. The van der Waals surface area contributed by atoms with Crippen molar-refractivity contribution in [2.45, 2.75) is 33.1 Å². The van der Waals surface area contributed by atoms with Gasteiger partial charge in [-0.05, 0) is 30.0 Å². The van der Waals surface area contributed by atoms with Gasteiger partial charge in [0.05, 0.1) is 11.4 Å². The van der Waals surface area contributed by atoms with Crippen LogP contribution >= 0.6 is 0 Å². The average molecular weight is 306 g/mol. The maximum absolute atomic E-state index is 10.5. The Bertz CT molecular complexity index is 827. The van der Waals surface area contributed by atoms with Crippen LogP contribution in [0.3, 0.4) is 0 Å². The molecule has 1 aromatic heterocycles. The Morgan fingerprint density at radius 1 is 0.957 bits per heavy atom. The molecule has 3 nitrogen and oxygen atoms in total. The van der Waals surface area contributed by atoms with Crippen LogP contribution in [0.2, 0.25) is 0 Å². The summed E-state index contributed by atoms with van der Waals surface area (Å²) < 4.78 is 1.85. The average Bonchev–Trinajstić information content (AvgIpc) is 2.86. The van der Waals surface area contributed by atoms with Crippen molar-refractivity contribution in [3.8, 4) is 22.8 Å². The standard InChI is InChI=1S/C20H22N2O/c1-14-9-8-12-16(13-14)22-18(15-10-6-5-7-11-15)17(19(23)21-22)20(2,3)4/h5-13H,1-4H3,(H,21,23). The van der Waals surface area contributed by atoms with Gasteiger partial charge in [0.15, 0.2) is 0 Å². The van der Waals surface area contributed by atoms with Crippen LogP contribution in [0.25, 0.3) is 16.9 Å². The highest BCUT2D eigenvalue weighted by molar-refractivity contribution is 5.69. The lowest BCUT2D eigenvalue weighted by Crippen LogP contribution is -2.12. The normalized spacial score (nSPS) is 11.7. The van der Waals surface area contributed by atoms with E-state index in [1.807, 2.05) is 35.0 Å². The lowest BCUT2D eigenvalue weighted by atomic mass is 9.85. The van der Waals surface area contributed by atoms with Gasteiger partial charge in [-0.1, -0.05) is 63.2 Å². The number of aromatic nitrogens is 2. The predicted molar refractivity (Wildman–Crippen MR) is 94.1 cm³/mol. The second kappa shape index (κ2) is 5.58. The zero-order valence-electron chi connectivity index (χ0n) is 14.0. The topological polar surface area (TPSA) is 38.0 Å². The van der Waals surface area contributed by atoms with E-state index in [-0.39, 0.29) is 11.3 Å². The number of aryl methyl sites for hydroxylation is 1. The molecule has 0 saturated carbocycles.